The smallest absolute Gasteiger partial charge is 0.356 e. The molecule has 12 N–H and O–H groups in total. The number of azo groups is 4. The number of benzene rings is 7. The molecule has 88 heavy (non-hydrogen) atoms. The van der Waals surface area contributed by atoms with Gasteiger partial charge in [0.2, 0.25) is 0 Å². The number of hydrogen-bond donors (Lipinski definition) is 11. The predicted molar refractivity (Wildman–Crippen MR) is 291 cm³/mol. The molecule has 40 nitrogen and oxygen atoms in total. The molecule has 0 saturated heterocycles. The van der Waals surface area contributed by atoms with Gasteiger partial charge in [-0.2, -0.15) is 55.6 Å². The average Bonchev–Trinajstić information content (AvgIpc) is 1.44. The molecule has 0 amide bonds. The number of nitrogens with one attached hydrogen (secondary N) is 1. The summed E-state index contributed by atoms with van der Waals surface area (Å²) >= 11 is 0. The summed E-state index contributed by atoms with van der Waals surface area (Å²) in [6, 6.07) is 9.65. The second-order valence-electron chi connectivity index (χ2n) is 17.1. The van der Waals surface area contributed by atoms with E-state index in [1.807, 2.05) is 0 Å². The van der Waals surface area contributed by atoms with Crippen LogP contribution >= 0.6 is 0 Å². The lowest BCUT2D eigenvalue weighted by Gasteiger charge is -2.13. The topological polar surface area (TPSA) is 653 Å². The van der Waals surface area contributed by atoms with Gasteiger partial charge in [-0.1, -0.05) is 6.07 Å². The minimum Gasteiger partial charge on any atom is -0.505 e. The molecule has 0 aliphatic rings. The Morgan fingerprint density at radius 3 is 1.58 bits per heavy atom. The fourth-order valence-corrected chi connectivity index (χ4v) is 11.8. The largest absolute Gasteiger partial charge is 0.505 e. The number of H-pyrrole nitrogens is 1. The minimum absolute atomic E-state index is 0.218. The zero-order chi connectivity index (χ0) is 65.3. The van der Waals surface area contributed by atoms with Crippen molar-refractivity contribution in [2.24, 2.45) is 40.9 Å². The summed E-state index contributed by atoms with van der Waals surface area (Å²) in [6.07, 6.45) is 0. The number of phenols is 2. The van der Waals surface area contributed by atoms with Crippen LogP contribution in [0.3, 0.4) is 0 Å². The van der Waals surface area contributed by atoms with Crippen molar-refractivity contribution in [2.75, 3.05) is 5.73 Å². The Morgan fingerprint density at radius 1 is 0.500 bits per heavy atom. The van der Waals surface area contributed by atoms with E-state index in [9.17, 15) is 123 Å². The fourth-order valence-electron chi connectivity index (χ4n) is 7.89. The molecular formula is C42H27N13O27S6. The maximum atomic E-state index is 13.4. The van der Waals surface area contributed by atoms with Gasteiger partial charge in [-0.15, -0.1) is 35.8 Å². The lowest BCUT2D eigenvalue weighted by Crippen LogP contribution is -2.14. The molecule has 0 aliphatic carbocycles. The highest BCUT2D eigenvalue weighted by atomic mass is 32.2. The zero-order valence-corrected chi connectivity index (χ0v) is 46.9. The molecule has 0 unspecified atom stereocenters. The number of aromatic amines is 1. The number of nitrogens with zero attached hydrogens (tertiary/aromatic N) is 11. The van der Waals surface area contributed by atoms with E-state index in [0.717, 1.165) is 48.5 Å². The van der Waals surface area contributed by atoms with Crippen molar-refractivity contribution in [3.05, 3.63) is 127 Å². The van der Waals surface area contributed by atoms with Crippen LogP contribution < -0.4 is 11.3 Å². The van der Waals surface area contributed by atoms with Crippen LogP contribution in [0.25, 0.3) is 27.2 Å². The Balaban J connectivity index is 1.23. The van der Waals surface area contributed by atoms with E-state index < -0.39 is 213 Å². The van der Waals surface area contributed by atoms with Crippen LogP contribution in [0.1, 0.15) is 10.5 Å². The van der Waals surface area contributed by atoms with Crippen LogP contribution in [0.2, 0.25) is 0 Å². The molecule has 458 valence electrons. The van der Waals surface area contributed by atoms with E-state index in [0.29, 0.717) is 35.0 Å². The number of nitrogens with two attached hydrogens (primary N) is 1. The van der Waals surface area contributed by atoms with E-state index in [1.165, 1.54) is 0 Å². The number of aromatic hydroxyl groups is 2. The summed E-state index contributed by atoms with van der Waals surface area (Å²) < 4.78 is 210. The fraction of sp³-hybridized carbons (Fsp3) is 0. The third-order valence-electron chi connectivity index (χ3n) is 11.7. The first-order valence-electron chi connectivity index (χ1n) is 22.3. The Labute approximate surface area is 486 Å². The Bertz CT molecular complexity index is 5360. The number of anilines is 1. The first kappa shape index (κ1) is 63.6. The Kier molecular flexibility index (Phi) is 16.2. The molecule has 8 aromatic rings. The highest BCUT2D eigenvalue weighted by Gasteiger charge is 2.32. The number of non-ortho nitro benzene ring substituents is 1. The van der Waals surface area contributed by atoms with E-state index in [4.69, 9.17) is 5.73 Å². The van der Waals surface area contributed by atoms with Crippen LogP contribution in [0.15, 0.2) is 166 Å². The lowest BCUT2D eigenvalue weighted by molar-refractivity contribution is -0.385. The van der Waals surface area contributed by atoms with Crippen LogP contribution in [-0.2, 0) is 60.7 Å². The predicted octanol–water partition coefficient (Wildman–Crippen LogP) is 7.12. The third-order valence-corrected chi connectivity index (χ3v) is 17.0. The van der Waals surface area contributed by atoms with Crippen molar-refractivity contribution in [2.45, 2.75) is 29.4 Å². The minimum atomic E-state index is -5.82. The number of nitrogen functional groups attached to an aromatic ring is 1. The summed E-state index contributed by atoms with van der Waals surface area (Å²) in [5, 5.41) is 83.2. The van der Waals surface area contributed by atoms with Crippen molar-refractivity contribution < 1.29 is 108 Å². The van der Waals surface area contributed by atoms with Gasteiger partial charge in [0.25, 0.3) is 77.6 Å². The van der Waals surface area contributed by atoms with Gasteiger partial charge >= 0.3 is 5.97 Å². The molecule has 0 radical (unpaired) electrons. The molecule has 0 saturated carbocycles. The molecule has 7 aromatic carbocycles. The normalized spacial score (nSPS) is 13.0. The maximum Gasteiger partial charge on any atom is 0.356 e. The molecule has 46 heteroatoms. The van der Waals surface area contributed by atoms with Crippen LogP contribution in [0.5, 0.6) is 11.5 Å². The molecule has 0 atom stereocenters. The van der Waals surface area contributed by atoms with Crippen molar-refractivity contribution in [3.63, 3.8) is 0 Å². The van der Waals surface area contributed by atoms with Crippen LogP contribution in [0.4, 0.5) is 62.6 Å². The van der Waals surface area contributed by atoms with Gasteiger partial charge in [-0.3, -0.25) is 57.4 Å². The lowest BCUT2D eigenvalue weighted by atomic mass is 10.1. The molecule has 0 aliphatic heterocycles. The van der Waals surface area contributed by atoms with Crippen molar-refractivity contribution in [1.82, 2.24) is 9.78 Å². The number of hydrogen-bond acceptors (Lipinski definition) is 29. The van der Waals surface area contributed by atoms with E-state index in [2.05, 4.69) is 46.0 Å². The Hall–Kier alpha value is -10.4. The second kappa shape index (κ2) is 22.5. The number of carboxylic acid groups (broad SMARTS) is 1. The van der Waals surface area contributed by atoms with Crippen molar-refractivity contribution in [1.29, 1.82) is 0 Å². The van der Waals surface area contributed by atoms with Gasteiger partial charge in [0, 0.05) is 34.4 Å². The summed E-state index contributed by atoms with van der Waals surface area (Å²) in [5.41, 5.74) is -8.07. The number of nitro groups is 2. The average molecular weight is 1340 g/mol. The van der Waals surface area contributed by atoms with E-state index >= 15 is 0 Å². The summed E-state index contributed by atoms with van der Waals surface area (Å²) in [5.74, 6) is -4.52. The highest BCUT2D eigenvalue weighted by molar-refractivity contribution is 7.87. The number of aromatic carboxylic acids is 1. The number of carboxylic acids is 1. The monoisotopic (exact) mass is 1340 g/mol. The number of aromatic nitrogens is 2. The van der Waals surface area contributed by atoms with Crippen LogP contribution in [-0.4, -0.2) is 119 Å². The Morgan fingerprint density at radius 2 is 1.02 bits per heavy atom. The van der Waals surface area contributed by atoms with Gasteiger partial charge in [-0.25, -0.2) is 9.48 Å². The molecule has 1 heterocycles. The van der Waals surface area contributed by atoms with Crippen molar-refractivity contribution in [3.8, 4) is 17.2 Å². The number of nitro benzene ring substituents is 2. The summed E-state index contributed by atoms with van der Waals surface area (Å²) in [7, 11) is -32.7. The number of rotatable bonds is 18. The third kappa shape index (κ3) is 12.6. The van der Waals surface area contributed by atoms with Gasteiger partial charge in [0.1, 0.15) is 52.9 Å². The number of fused-ring (bicyclic) bond motifs is 2. The number of carbonyl (C=O) groups is 1. The molecule has 8 rings (SSSR count). The van der Waals surface area contributed by atoms with Gasteiger partial charge in [0.05, 0.1) is 37.2 Å². The van der Waals surface area contributed by atoms with Gasteiger partial charge in [0.15, 0.2) is 28.6 Å². The summed E-state index contributed by atoms with van der Waals surface area (Å²) in [6.45, 7) is 0. The van der Waals surface area contributed by atoms with E-state index in [-0.39, 0.29) is 17.8 Å². The van der Waals surface area contributed by atoms with E-state index in [1.54, 1.807) is 0 Å². The zero-order valence-electron chi connectivity index (χ0n) is 42.0. The number of phenolic OH excluding ortho intramolecular Hbond substituents is 2. The molecular weight excluding hydrogens is 1310 g/mol. The first-order chi connectivity index (χ1) is 40.6. The summed E-state index contributed by atoms with van der Waals surface area (Å²) in [4.78, 5) is 39.1. The highest BCUT2D eigenvalue weighted by Crippen LogP contribution is 2.49. The second-order valence-corrected chi connectivity index (χ2v) is 25.5. The van der Waals surface area contributed by atoms with Gasteiger partial charge < -0.3 is 21.1 Å². The molecule has 1 aromatic heterocycles. The molecule has 0 spiro atoms. The maximum absolute atomic E-state index is 13.4. The molecule has 0 bridgehead atoms. The standard InChI is InChI=1S/C42H27N13O27S6/c43-33-26(15-28(84(68,69)70)21-7-9-24(39(57)32(21)33)46-45-23-8-3-18(54(61)62)13-29(23)85(71,72)73)48-47-25-10-6-20-22(40(25)88(80,81)82)14-31(87(77,78)79)35(38(20)56)50-44-16-11-27(55(63)64)34(30(12-16)86(74,75)76)49-51-36-37(42(59)60)52-53(41(36)58)17-1-4-19(5-2-17)83(65,66)67/h1-15,52,56-57H,43H2,(H,59,60)(H,65,66,67)(H,68,69,70)(H,71,72,73)(H,74,75,76)(H,77,78,79)(H,80,81,82). The molecule has 0 fully saturated rings. The van der Waals surface area contributed by atoms with Crippen LogP contribution in [0, 0.1) is 20.2 Å². The SMILES string of the molecule is Nc1c(N=Nc2ccc3c(O)c(N=Nc4cc([N+](=O)[O-])c(N=Nc5c(C(=O)O)[nH]n(-c6ccc(S(=O)(=O)O)cc6)c5=O)c(S(=O)(=O)O)c4)c(S(=O)(=O)O)cc3c2S(=O)(=O)O)cc(S(=O)(=O)O)c2ccc(N=Nc3ccc([N+](=O)[O-])cc3S(=O)(=O)O)c(O)c12. The van der Waals surface area contributed by atoms with Crippen molar-refractivity contribution >= 4 is 151 Å². The van der Waals surface area contributed by atoms with Gasteiger partial charge in [-0.05, 0) is 66.7 Å². The quantitative estimate of drug-likeness (QED) is 0.0134. The first-order valence-corrected chi connectivity index (χ1v) is 31.0.